The third kappa shape index (κ3) is 4.06. The smallest absolute Gasteiger partial charge is 0.433 e. The van der Waals surface area contributed by atoms with Gasteiger partial charge in [0.2, 0.25) is 11.8 Å². The van der Waals surface area contributed by atoms with Crippen molar-refractivity contribution in [3.05, 3.63) is 11.8 Å². The number of alkyl halides is 3. The fraction of sp³-hybridized carbons (Fsp3) is 0.556. The maximum atomic E-state index is 12.5. The topological polar surface area (TPSA) is 56.3 Å². The standard InChI is InChI=1S/C9H12F3N3O2/c1-13-8-14-6(9(10,11)12)5-7(15-8)17-4-3-16-2/h5H,3-4H2,1-2H3,(H,13,14,15). The van der Waals surface area contributed by atoms with E-state index in [9.17, 15) is 13.2 Å². The van der Waals surface area contributed by atoms with Gasteiger partial charge in [-0.05, 0) is 0 Å². The van der Waals surface area contributed by atoms with Gasteiger partial charge < -0.3 is 14.8 Å². The lowest BCUT2D eigenvalue weighted by atomic mass is 10.4. The predicted molar refractivity (Wildman–Crippen MR) is 54.0 cm³/mol. The van der Waals surface area contributed by atoms with Gasteiger partial charge in [-0.15, -0.1) is 0 Å². The normalized spacial score (nSPS) is 11.4. The summed E-state index contributed by atoms with van der Waals surface area (Å²) in [7, 11) is 2.89. The first-order valence-electron chi connectivity index (χ1n) is 4.73. The molecule has 0 aromatic carbocycles. The molecule has 1 aromatic rings. The van der Waals surface area contributed by atoms with Crippen molar-refractivity contribution in [1.82, 2.24) is 9.97 Å². The zero-order chi connectivity index (χ0) is 12.9. The summed E-state index contributed by atoms with van der Waals surface area (Å²) in [5.74, 6) is -0.291. The third-order valence-corrected chi connectivity index (χ3v) is 1.75. The molecule has 0 aliphatic carbocycles. The van der Waals surface area contributed by atoms with Crippen LogP contribution in [0.25, 0.3) is 0 Å². The molecule has 0 fully saturated rings. The summed E-state index contributed by atoms with van der Waals surface area (Å²) in [6, 6.07) is 0.747. The number of methoxy groups -OCH3 is 1. The Morgan fingerprint density at radius 3 is 2.53 bits per heavy atom. The van der Waals surface area contributed by atoms with Crippen LogP contribution in [0.5, 0.6) is 5.88 Å². The molecule has 17 heavy (non-hydrogen) atoms. The molecule has 0 spiro atoms. The minimum Gasteiger partial charge on any atom is -0.475 e. The van der Waals surface area contributed by atoms with Crippen LogP contribution in [0.2, 0.25) is 0 Å². The molecule has 96 valence electrons. The Bertz CT molecular complexity index is 371. The number of nitrogens with one attached hydrogen (secondary N) is 1. The Morgan fingerprint density at radius 2 is 2.00 bits per heavy atom. The van der Waals surface area contributed by atoms with Crippen LogP contribution in [0.15, 0.2) is 6.07 Å². The van der Waals surface area contributed by atoms with E-state index in [0.29, 0.717) is 0 Å². The SMILES string of the molecule is CNc1nc(OCCOC)cc(C(F)(F)F)n1. The van der Waals surface area contributed by atoms with Crippen LogP contribution in [0.4, 0.5) is 19.1 Å². The number of rotatable bonds is 5. The molecule has 8 heteroatoms. The van der Waals surface area contributed by atoms with E-state index in [1.807, 2.05) is 0 Å². The number of anilines is 1. The van der Waals surface area contributed by atoms with Gasteiger partial charge in [0.15, 0.2) is 5.69 Å². The van der Waals surface area contributed by atoms with Gasteiger partial charge in [0.25, 0.3) is 0 Å². The largest absolute Gasteiger partial charge is 0.475 e. The van der Waals surface area contributed by atoms with Crippen molar-refractivity contribution in [2.45, 2.75) is 6.18 Å². The highest BCUT2D eigenvalue weighted by molar-refractivity contribution is 5.31. The highest BCUT2D eigenvalue weighted by Crippen LogP contribution is 2.30. The highest BCUT2D eigenvalue weighted by Gasteiger charge is 2.33. The number of nitrogens with zero attached hydrogens (tertiary/aromatic N) is 2. The van der Waals surface area contributed by atoms with Gasteiger partial charge in [0.05, 0.1) is 6.61 Å². The minimum atomic E-state index is -4.53. The molecule has 1 heterocycles. The Labute approximate surface area is 96.0 Å². The van der Waals surface area contributed by atoms with Crippen molar-refractivity contribution in [2.75, 3.05) is 32.7 Å². The van der Waals surface area contributed by atoms with Crippen molar-refractivity contribution < 1.29 is 22.6 Å². The quantitative estimate of drug-likeness (QED) is 0.805. The Hall–Kier alpha value is -1.57. The lowest BCUT2D eigenvalue weighted by Gasteiger charge is -2.10. The van der Waals surface area contributed by atoms with E-state index in [2.05, 4.69) is 15.3 Å². The van der Waals surface area contributed by atoms with Crippen molar-refractivity contribution in [3.8, 4) is 5.88 Å². The molecule has 0 aliphatic rings. The van der Waals surface area contributed by atoms with Gasteiger partial charge in [0.1, 0.15) is 6.61 Å². The lowest BCUT2D eigenvalue weighted by molar-refractivity contribution is -0.141. The van der Waals surface area contributed by atoms with E-state index < -0.39 is 11.9 Å². The van der Waals surface area contributed by atoms with Crippen LogP contribution in [-0.4, -0.2) is 37.3 Å². The molecule has 1 N–H and O–H groups in total. The van der Waals surface area contributed by atoms with Crippen LogP contribution < -0.4 is 10.1 Å². The molecular formula is C9H12F3N3O2. The maximum Gasteiger partial charge on any atom is 0.433 e. The lowest BCUT2D eigenvalue weighted by Crippen LogP contribution is -2.13. The highest BCUT2D eigenvalue weighted by atomic mass is 19.4. The van der Waals surface area contributed by atoms with E-state index in [-0.39, 0.29) is 25.0 Å². The van der Waals surface area contributed by atoms with Crippen molar-refractivity contribution in [2.24, 2.45) is 0 Å². The van der Waals surface area contributed by atoms with Crippen LogP contribution >= 0.6 is 0 Å². The van der Waals surface area contributed by atoms with Gasteiger partial charge in [-0.3, -0.25) is 0 Å². The van der Waals surface area contributed by atoms with Gasteiger partial charge >= 0.3 is 6.18 Å². The summed E-state index contributed by atoms with van der Waals surface area (Å²) in [5.41, 5.74) is -1.05. The summed E-state index contributed by atoms with van der Waals surface area (Å²) in [6.07, 6.45) is -4.53. The van der Waals surface area contributed by atoms with E-state index in [0.717, 1.165) is 6.07 Å². The molecular weight excluding hydrogens is 239 g/mol. The van der Waals surface area contributed by atoms with Crippen LogP contribution in [-0.2, 0) is 10.9 Å². The van der Waals surface area contributed by atoms with Crippen LogP contribution in [0, 0.1) is 0 Å². The second kappa shape index (κ2) is 5.67. The second-order valence-electron chi connectivity index (χ2n) is 3.00. The molecule has 0 aliphatic heterocycles. The summed E-state index contributed by atoms with van der Waals surface area (Å²) in [6.45, 7) is 0.383. The maximum absolute atomic E-state index is 12.5. The molecule has 0 saturated heterocycles. The first-order valence-corrected chi connectivity index (χ1v) is 4.73. The molecule has 5 nitrogen and oxygen atoms in total. The van der Waals surface area contributed by atoms with E-state index in [4.69, 9.17) is 9.47 Å². The molecule has 0 saturated carbocycles. The average Bonchev–Trinajstić information content (AvgIpc) is 2.28. The number of ether oxygens (including phenoxy) is 2. The number of halogens is 3. The van der Waals surface area contributed by atoms with E-state index in [1.54, 1.807) is 0 Å². The number of aromatic nitrogens is 2. The molecule has 0 unspecified atom stereocenters. The van der Waals surface area contributed by atoms with E-state index in [1.165, 1.54) is 14.2 Å². The Morgan fingerprint density at radius 1 is 1.29 bits per heavy atom. The molecule has 1 aromatic heterocycles. The predicted octanol–water partition coefficient (Wildman–Crippen LogP) is 1.56. The fourth-order valence-corrected chi connectivity index (χ4v) is 0.986. The molecule has 0 bridgehead atoms. The summed E-state index contributed by atoms with van der Waals surface area (Å²) in [5, 5.41) is 2.44. The second-order valence-corrected chi connectivity index (χ2v) is 3.00. The number of hydrogen-bond acceptors (Lipinski definition) is 5. The number of hydrogen-bond donors (Lipinski definition) is 1. The van der Waals surface area contributed by atoms with Crippen molar-refractivity contribution in [3.63, 3.8) is 0 Å². The van der Waals surface area contributed by atoms with Gasteiger partial charge in [0, 0.05) is 20.2 Å². The summed E-state index contributed by atoms with van der Waals surface area (Å²) < 4.78 is 47.1. The molecule has 0 atom stereocenters. The van der Waals surface area contributed by atoms with Gasteiger partial charge in [-0.25, -0.2) is 4.98 Å². The zero-order valence-electron chi connectivity index (χ0n) is 9.34. The Kier molecular flexibility index (Phi) is 4.50. The zero-order valence-corrected chi connectivity index (χ0v) is 9.34. The summed E-state index contributed by atoms with van der Waals surface area (Å²) in [4.78, 5) is 7.03. The third-order valence-electron chi connectivity index (χ3n) is 1.75. The molecule has 0 radical (unpaired) electrons. The first kappa shape index (κ1) is 13.5. The monoisotopic (exact) mass is 251 g/mol. The van der Waals surface area contributed by atoms with Gasteiger partial charge in [-0.2, -0.15) is 18.2 Å². The summed E-state index contributed by atoms with van der Waals surface area (Å²) >= 11 is 0. The fourth-order valence-electron chi connectivity index (χ4n) is 0.986. The van der Waals surface area contributed by atoms with Crippen LogP contribution in [0.1, 0.15) is 5.69 Å². The van der Waals surface area contributed by atoms with Crippen molar-refractivity contribution >= 4 is 5.95 Å². The first-order chi connectivity index (χ1) is 7.97. The molecule has 1 rings (SSSR count). The molecule has 0 amide bonds. The average molecular weight is 251 g/mol. The van der Waals surface area contributed by atoms with Crippen molar-refractivity contribution in [1.29, 1.82) is 0 Å². The minimum absolute atomic E-state index is 0.119. The van der Waals surface area contributed by atoms with E-state index >= 15 is 0 Å². The Balaban J connectivity index is 2.89. The van der Waals surface area contributed by atoms with Gasteiger partial charge in [-0.1, -0.05) is 0 Å². The van der Waals surface area contributed by atoms with Crippen LogP contribution in [0.3, 0.4) is 0 Å².